The summed E-state index contributed by atoms with van der Waals surface area (Å²) in [7, 11) is 0. The lowest BCUT2D eigenvalue weighted by molar-refractivity contribution is -0.144. The number of esters is 1. The number of ether oxygens (including phenoxy) is 2. The number of amides is 1. The fraction of sp³-hybridized carbons (Fsp3) is 0.935. The van der Waals surface area contributed by atoms with Crippen molar-refractivity contribution in [3.63, 3.8) is 0 Å². The fourth-order valence-electron chi connectivity index (χ4n) is 5.14. The number of piperidine rings is 1. The molecule has 1 unspecified atom stereocenters. The number of carbonyl (C=O) groups is 2. The van der Waals surface area contributed by atoms with Gasteiger partial charge >= 0.3 is 12.1 Å². The molecule has 1 amide bonds. The number of likely N-dealkylation sites (tertiary alicyclic amines) is 1. The minimum atomic E-state index is -0.438. The van der Waals surface area contributed by atoms with Crippen LogP contribution >= 0.6 is 0 Å². The first-order valence-corrected chi connectivity index (χ1v) is 15.5. The maximum absolute atomic E-state index is 12.4. The van der Waals surface area contributed by atoms with Gasteiger partial charge in [-0.3, -0.25) is 4.79 Å². The van der Waals surface area contributed by atoms with Crippen LogP contribution in [0.3, 0.4) is 0 Å². The molecule has 0 spiro atoms. The Bertz CT molecular complexity index is 597. The van der Waals surface area contributed by atoms with E-state index in [0.717, 1.165) is 64.8 Å². The Balaban J connectivity index is 2.39. The van der Waals surface area contributed by atoms with Gasteiger partial charge in [-0.25, -0.2) is 4.79 Å². The first-order chi connectivity index (χ1) is 17.6. The largest absolute Gasteiger partial charge is 0.466 e. The van der Waals surface area contributed by atoms with Gasteiger partial charge in [0.05, 0.1) is 6.61 Å². The van der Waals surface area contributed by atoms with Crippen LogP contribution in [0.4, 0.5) is 4.79 Å². The fourth-order valence-corrected chi connectivity index (χ4v) is 5.14. The molecule has 1 aliphatic heterocycles. The average molecular weight is 525 g/mol. The molecule has 1 atom stereocenters. The Labute approximate surface area is 229 Å². The van der Waals surface area contributed by atoms with Gasteiger partial charge in [-0.05, 0) is 77.8 Å². The molecule has 0 saturated carbocycles. The molecular weight excluding hydrogens is 464 g/mol. The number of rotatable bonds is 19. The summed E-state index contributed by atoms with van der Waals surface area (Å²) in [4.78, 5) is 28.9. The summed E-state index contributed by atoms with van der Waals surface area (Å²) in [5.41, 5.74) is -0.438. The van der Waals surface area contributed by atoms with Crippen molar-refractivity contribution in [2.24, 2.45) is 11.8 Å². The van der Waals surface area contributed by atoms with Crippen molar-refractivity contribution in [1.82, 2.24) is 9.80 Å². The van der Waals surface area contributed by atoms with Gasteiger partial charge in [0, 0.05) is 26.1 Å². The molecule has 0 radical (unpaired) electrons. The smallest absolute Gasteiger partial charge is 0.410 e. The van der Waals surface area contributed by atoms with E-state index < -0.39 is 5.60 Å². The van der Waals surface area contributed by atoms with Crippen LogP contribution in [0.5, 0.6) is 0 Å². The average Bonchev–Trinajstić information content (AvgIpc) is 2.83. The zero-order chi connectivity index (χ0) is 27.5. The van der Waals surface area contributed by atoms with Gasteiger partial charge in [0.1, 0.15) is 5.60 Å². The summed E-state index contributed by atoms with van der Waals surface area (Å²) in [6.07, 6.45) is 16.0. The van der Waals surface area contributed by atoms with E-state index in [0.29, 0.717) is 24.9 Å². The Hall–Kier alpha value is -1.30. The summed E-state index contributed by atoms with van der Waals surface area (Å²) < 4.78 is 11.1. The van der Waals surface area contributed by atoms with Crippen LogP contribution in [0.1, 0.15) is 131 Å². The summed E-state index contributed by atoms with van der Waals surface area (Å²) in [6.45, 7) is 17.7. The maximum Gasteiger partial charge on any atom is 0.410 e. The van der Waals surface area contributed by atoms with Crippen molar-refractivity contribution in [1.29, 1.82) is 0 Å². The van der Waals surface area contributed by atoms with E-state index in [-0.39, 0.29) is 12.1 Å². The zero-order valence-corrected chi connectivity index (χ0v) is 25.3. The molecule has 6 heteroatoms. The Morgan fingerprint density at radius 1 is 0.892 bits per heavy atom. The second-order valence-corrected chi connectivity index (χ2v) is 12.3. The highest BCUT2D eigenvalue weighted by molar-refractivity contribution is 5.69. The third kappa shape index (κ3) is 17.8. The van der Waals surface area contributed by atoms with Crippen molar-refractivity contribution in [3.8, 4) is 0 Å². The van der Waals surface area contributed by atoms with E-state index >= 15 is 0 Å². The normalized spacial score (nSPS) is 15.7. The number of hydrogen-bond acceptors (Lipinski definition) is 5. The SMILES string of the molecule is CCCCCCCCCN(CCCOC(=O)CC(C)CCC)CCC1CCN(C(=O)OC(C)(C)C)CC1. The second kappa shape index (κ2) is 19.7. The molecule has 1 aliphatic rings. The first kappa shape index (κ1) is 33.7. The third-order valence-electron chi connectivity index (χ3n) is 7.38. The molecule has 1 fully saturated rings. The van der Waals surface area contributed by atoms with Gasteiger partial charge in [0.2, 0.25) is 0 Å². The monoisotopic (exact) mass is 524 g/mol. The lowest BCUT2D eigenvalue weighted by Gasteiger charge is -2.34. The molecule has 1 rings (SSSR count). The van der Waals surface area contributed by atoms with Crippen molar-refractivity contribution < 1.29 is 19.1 Å². The summed E-state index contributed by atoms with van der Waals surface area (Å²) >= 11 is 0. The minimum absolute atomic E-state index is 0.0451. The zero-order valence-electron chi connectivity index (χ0n) is 25.3. The lowest BCUT2D eigenvalue weighted by Crippen LogP contribution is -2.42. The molecule has 0 N–H and O–H groups in total. The minimum Gasteiger partial charge on any atom is -0.466 e. The Morgan fingerprint density at radius 2 is 1.51 bits per heavy atom. The second-order valence-electron chi connectivity index (χ2n) is 12.3. The molecule has 0 aliphatic carbocycles. The van der Waals surface area contributed by atoms with E-state index in [1.165, 1.54) is 51.4 Å². The predicted octanol–water partition coefficient (Wildman–Crippen LogP) is 7.84. The number of hydrogen-bond donors (Lipinski definition) is 0. The third-order valence-corrected chi connectivity index (χ3v) is 7.38. The van der Waals surface area contributed by atoms with Crippen LogP contribution in [-0.4, -0.2) is 66.8 Å². The Kier molecular flexibility index (Phi) is 18.0. The number of nitrogens with zero attached hydrogens (tertiary/aromatic N) is 2. The molecule has 0 bridgehead atoms. The van der Waals surface area contributed by atoms with Crippen LogP contribution in [0, 0.1) is 11.8 Å². The van der Waals surface area contributed by atoms with Gasteiger partial charge in [-0.1, -0.05) is 72.1 Å². The Morgan fingerprint density at radius 3 is 2.14 bits per heavy atom. The molecule has 6 nitrogen and oxygen atoms in total. The number of carbonyl (C=O) groups excluding carboxylic acids is 2. The van der Waals surface area contributed by atoms with Crippen LogP contribution in [0.2, 0.25) is 0 Å². The van der Waals surface area contributed by atoms with Crippen molar-refractivity contribution in [3.05, 3.63) is 0 Å². The standard InChI is InChI=1S/C31H60N2O4/c1-7-9-10-11-12-13-14-20-32(21-15-25-36-29(34)26-27(3)16-8-2)22-17-28-18-23-33(24-19-28)30(35)37-31(4,5)6/h27-28H,7-26H2,1-6H3. The molecule has 1 heterocycles. The van der Waals surface area contributed by atoms with Gasteiger partial charge in [-0.15, -0.1) is 0 Å². The molecule has 37 heavy (non-hydrogen) atoms. The quantitative estimate of drug-likeness (QED) is 0.127. The van der Waals surface area contributed by atoms with E-state index in [1.807, 2.05) is 25.7 Å². The van der Waals surface area contributed by atoms with Crippen molar-refractivity contribution in [2.45, 2.75) is 137 Å². The van der Waals surface area contributed by atoms with Gasteiger partial charge in [0.25, 0.3) is 0 Å². The van der Waals surface area contributed by atoms with Crippen molar-refractivity contribution in [2.75, 3.05) is 39.3 Å². The van der Waals surface area contributed by atoms with Crippen LogP contribution < -0.4 is 0 Å². The summed E-state index contributed by atoms with van der Waals surface area (Å²) in [5, 5.41) is 0. The molecule has 0 aromatic heterocycles. The van der Waals surface area contributed by atoms with Gasteiger partial charge in [-0.2, -0.15) is 0 Å². The van der Waals surface area contributed by atoms with Gasteiger partial charge < -0.3 is 19.3 Å². The van der Waals surface area contributed by atoms with Gasteiger partial charge in [0.15, 0.2) is 0 Å². The summed E-state index contributed by atoms with van der Waals surface area (Å²) in [5.74, 6) is 1.03. The molecule has 218 valence electrons. The molecule has 0 aromatic carbocycles. The molecular formula is C31H60N2O4. The van der Waals surface area contributed by atoms with Crippen molar-refractivity contribution >= 4 is 12.1 Å². The highest BCUT2D eigenvalue weighted by Crippen LogP contribution is 2.23. The summed E-state index contributed by atoms with van der Waals surface area (Å²) in [6, 6.07) is 0. The highest BCUT2D eigenvalue weighted by Gasteiger charge is 2.27. The van der Waals surface area contributed by atoms with E-state index in [1.54, 1.807) is 0 Å². The van der Waals surface area contributed by atoms with Crippen LogP contribution in [0.15, 0.2) is 0 Å². The topological polar surface area (TPSA) is 59.1 Å². The van der Waals surface area contributed by atoms with Crippen LogP contribution in [0.25, 0.3) is 0 Å². The molecule has 0 aromatic rings. The maximum atomic E-state index is 12.4. The lowest BCUT2D eigenvalue weighted by atomic mass is 9.93. The first-order valence-electron chi connectivity index (χ1n) is 15.5. The number of unbranched alkanes of at least 4 members (excludes halogenated alkanes) is 6. The predicted molar refractivity (Wildman–Crippen MR) is 154 cm³/mol. The van der Waals surface area contributed by atoms with E-state index in [2.05, 4.69) is 25.7 Å². The van der Waals surface area contributed by atoms with E-state index in [4.69, 9.17) is 9.47 Å². The van der Waals surface area contributed by atoms with Crippen LogP contribution in [-0.2, 0) is 14.3 Å². The highest BCUT2D eigenvalue weighted by atomic mass is 16.6. The van der Waals surface area contributed by atoms with E-state index in [9.17, 15) is 9.59 Å². The molecule has 1 saturated heterocycles.